The van der Waals surface area contributed by atoms with Crippen molar-refractivity contribution in [3.05, 3.63) is 0 Å². The molecule has 0 rings (SSSR count). The standard InChI is InChI=1S/C7H18NO.HI/c1-7(2,6-9)8(3,4)5;/h9H,6H2,1-5H3;1H/q+1;/p-1. The fourth-order valence-electron chi connectivity index (χ4n) is 0.212. The first-order chi connectivity index (χ1) is 3.81. The maximum atomic E-state index is 8.91. The molecule has 0 aliphatic rings. The monoisotopic (exact) mass is 259 g/mol. The van der Waals surface area contributed by atoms with Crippen molar-refractivity contribution >= 4 is 0 Å². The van der Waals surface area contributed by atoms with Crippen molar-refractivity contribution in [1.29, 1.82) is 0 Å². The molecule has 0 saturated heterocycles. The second-order valence-electron chi connectivity index (χ2n) is 3.98. The number of aliphatic hydroxyl groups is 1. The van der Waals surface area contributed by atoms with Gasteiger partial charge in [0.05, 0.1) is 27.7 Å². The van der Waals surface area contributed by atoms with Gasteiger partial charge in [-0.3, -0.25) is 0 Å². The highest BCUT2D eigenvalue weighted by Crippen LogP contribution is 2.15. The molecule has 0 aromatic carbocycles. The molecule has 0 atom stereocenters. The Labute approximate surface area is 80.8 Å². The van der Waals surface area contributed by atoms with Gasteiger partial charge in [-0.1, -0.05) is 0 Å². The third kappa shape index (κ3) is 3.16. The van der Waals surface area contributed by atoms with E-state index in [1.54, 1.807) is 0 Å². The zero-order valence-corrected chi connectivity index (χ0v) is 9.64. The van der Waals surface area contributed by atoms with Crippen LogP contribution in [-0.2, 0) is 0 Å². The first-order valence-electron chi connectivity index (χ1n) is 3.24. The van der Waals surface area contributed by atoms with Gasteiger partial charge in [-0.05, 0) is 13.8 Å². The highest BCUT2D eigenvalue weighted by Gasteiger charge is 2.31. The van der Waals surface area contributed by atoms with Gasteiger partial charge < -0.3 is 33.6 Å². The number of nitrogens with zero attached hydrogens (tertiary/aromatic N) is 1. The zero-order chi connectivity index (χ0) is 7.71. The molecule has 0 aliphatic carbocycles. The summed E-state index contributed by atoms with van der Waals surface area (Å²) in [6, 6.07) is 0. The van der Waals surface area contributed by atoms with Crippen molar-refractivity contribution in [1.82, 2.24) is 0 Å². The normalized spacial score (nSPS) is 12.6. The molecule has 1 N–H and O–H groups in total. The lowest BCUT2D eigenvalue weighted by Crippen LogP contribution is -3.00. The SMILES string of the molecule is CC(C)(CO)[N+](C)(C)C.[I-]. The lowest BCUT2D eigenvalue weighted by atomic mass is 10.0. The molecule has 3 heteroatoms. The van der Waals surface area contributed by atoms with Crippen LogP contribution in [0.1, 0.15) is 13.8 Å². The summed E-state index contributed by atoms with van der Waals surface area (Å²) in [6.45, 7) is 4.33. The van der Waals surface area contributed by atoms with Crippen molar-refractivity contribution in [2.24, 2.45) is 0 Å². The molecule has 0 spiro atoms. The molecule has 0 saturated carbocycles. The Morgan fingerprint density at radius 3 is 1.50 bits per heavy atom. The van der Waals surface area contributed by atoms with Crippen LogP contribution in [-0.4, -0.2) is 42.9 Å². The Balaban J connectivity index is 0. The Morgan fingerprint density at radius 2 is 1.50 bits per heavy atom. The Kier molecular flexibility index (Phi) is 5.14. The van der Waals surface area contributed by atoms with E-state index in [2.05, 4.69) is 21.1 Å². The summed E-state index contributed by atoms with van der Waals surface area (Å²) in [5.41, 5.74) is -0.0278. The molecule has 0 amide bonds. The predicted octanol–water partition coefficient (Wildman–Crippen LogP) is -2.53. The molecule has 0 aromatic rings. The number of aliphatic hydroxyl groups excluding tert-OH is 1. The summed E-state index contributed by atoms with van der Waals surface area (Å²) in [5, 5.41) is 8.91. The van der Waals surface area contributed by atoms with Gasteiger partial charge in [-0.15, -0.1) is 0 Å². The van der Waals surface area contributed by atoms with Crippen LogP contribution in [0.3, 0.4) is 0 Å². The van der Waals surface area contributed by atoms with E-state index in [9.17, 15) is 0 Å². The number of halogens is 1. The summed E-state index contributed by atoms with van der Waals surface area (Å²) < 4.78 is 0.795. The first-order valence-corrected chi connectivity index (χ1v) is 3.24. The third-order valence-corrected chi connectivity index (χ3v) is 2.20. The van der Waals surface area contributed by atoms with Crippen LogP contribution in [0, 0.1) is 0 Å². The van der Waals surface area contributed by atoms with Crippen LogP contribution in [0.15, 0.2) is 0 Å². The van der Waals surface area contributed by atoms with Crippen LogP contribution in [0.2, 0.25) is 0 Å². The van der Waals surface area contributed by atoms with E-state index < -0.39 is 0 Å². The molecule has 0 aliphatic heterocycles. The molecule has 0 aromatic heterocycles. The number of rotatable bonds is 2. The first kappa shape index (κ1) is 13.3. The summed E-state index contributed by atoms with van der Waals surface area (Å²) in [7, 11) is 6.24. The van der Waals surface area contributed by atoms with E-state index >= 15 is 0 Å². The maximum Gasteiger partial charge on any atom is 0.116 e. The van der Waals surface area contributed by atoms with Gasteiger partial charge in [0, 0.05) is 0 Å². The average molecular weight is 259 g/mol. The second-order valence-corrected chi connectivity index (χ2v) is 3.98. The molecule has 0 bridgehead atoms. The highest BCUT2D eigenvalue weighted by molar-refractivity contribution is 4.64. The minimum absolute atomic E-state index is 0. The van der Waals surface area contributed by atoms with Crippen LogP contribution < -0.4 is 24.0 Å². The molecule has 0 fully saturated rings. The van der Waals surface area contributed by atoms with Crippen molar-refractivity contribution in [3.63, 3.8) is 0 Å². The molecule has 64 valence electrons. The molecule has 10 heavy (non-hydrogen) atoms. The Hall–Kier alpha value is 0.650. The van der Waals surface area contributed by atoms with Gasteiger partial charge in [-0.2, -0.15) is 0 Å². The van der Waals surface area contributed by atoms with Crippen molar-refractivity contribution < 1.29 is 33.6 Å². The van der Waals surface area contributed by atoms with E-state index in [1.807, 2.05) is 13.8 Å². The van der Waals surface area contributed by atoms with Gasteiger partial charge in [-0.25, -0.2) is 0 Å². The van der Waals surface area contributed by atoms with E-state index in [0.717, 1.165) is 4.48 Å². The van der Waals surface area contributed by atoms with E-state index in [-0.39, 0.29) is 36.1 Å². The Morgan fingerprint density at radius 1 is 1.20 bits per heavy atom. The van der Waals surface area contributed by atoms with Gasteiger partial charge in [0.1, 0.15) is 5.54 Å². The highest BCUT2D eigenvalue weighted by atomic mass is 127. The Bertz CT molecular complexity index is 96.3. The summed E-state index contributed by atoms with van der Waals surface area (Å²) in [4.78, 5) is 0. The lowest BCUT2D eigenvalue weighted by Gasteiger charge is -2.39. The number of quaternary nitrogens is 1. The van der Waals surface area contributed by atoms with Gasteiger partial charge in [0.15, 0.2) is 0 Å². The van der Waals surface area contributed by atoms with Gasteiger partial charge in [0.2, 0.25) is 0 Å². The van der Waals surface area contributed by atoms with E-state index in [1.165, 1.54) is 0 Å². The van der Waals surface area contributed by atoms with Crippen molar-refractivity contribution in [3.8, 4) is 0 Å². The third-order valence-electron chi connectivity index (χ3n) is 2.20. The maximum absolute atomic E-state index is 8.91. The number of hydrogen-bond donors (Lipinski definition) is 1. The van der Waals surface area contributed by atoms with Crippen molar-refractivity contribution in [2.75, 3.05) is 27.7 Å². The zero-order valence-electron chi connectivity index (χ0n) is 7.48. The molecule has 2 nitrogen and oxygen atoms in total. The lowest BCUT2D eigenvalue weighted by molar-refractivity contribution is -0.920. The quantitative estimate of drug-likeness (QED) is 0.428. The molecule has 0 heterocycles. The molecular weight excluding hydrogens is 241 g/mol. The summed E-state index contributed by atoms with van der Waals surface area (Å²) in [6.07, 6.45) is 0. The van der Waals surface area contributed by atoms with Crippen LogP contribution in [0.5, 0.6) is 0 Å². The smallest absolute Gasteiger partial charge is 0.116 e. The minimum atomic E-state index is -0.0278. The number of likely N-dealkylation sites (N-methyl/N-ethyl adjacent to an activating group) is 1. The molecule has 0 unspecified atom stereocenters. The van der Waals surface area contributed by atoms with E-state index in [0.29, 0.717) is 0 Å². The molecule has 0 radical (unpaired) electrons. The summed E-state index contributed by atoms with van der Waals surface area (Å²) >= 11 is 0. The largest absolute Gasteiger partial charge is 1.00 e. The van der Waals surface area contributed by atoms with Gasteiger partial charge in [0.25, 0.3) is 0 Å². The second kappa shape index (κ2) is 3.88. The van der Waals surface area contributed by atoms with Gasteiger partial charge >= 0.3 is 0 Å². The predicted molar refractivity (Wildman–Crippen MR) is 39.2 cm³/mol. The van der Waals surface area contributed by atoms with E-state index in [4.69, 9.17) is 5.11 Å². The van der Waals surface area contributed by atoms with Crippen LogP contribution in [0.4, 0.5) is 0 Å². The summed E-state index contributed by atoms with van der Waals surface area (Å²) in [5.74, 6) is 0. The van der Waals surface area contributed by atoms with Crippen LogP contribution >= 0.6 is 0 Å². The topological polar surface area (TPSA) is 20.2 Å². The average Bonchev–Trinajstić information content (AvgIpc) is 1.64. The fourth-order valence-corrected chi connectivity index (χ4v) is 0.212. The number of hydrogen-bond acceptors (Lipinski definition) is 1. The molecular formula is C7H18INO. The minimum Gasteiger partial charge on any atom is -1.00 e. The van der Waals surface area contributed by atoms with Crippen molar-refractivity contribution in [2.45, 2.75) is 19.4 Å². The fraction of sp³-hybridized carbons (Fsp3) is 1.00. The van der Waals surface area contributed by atoms with Crippen LogP contribution in [0.25, 0.3) is 0 Å².